The highest BCUT2D eigenvalue weighted by molar-refractivity contribution is 7.94. The van der Waals surface area contributed by atoms with Gasteiger partial charge in [-0.2, -0.15) is 16.8 Å². The normalized spacial score (nSPS) is 11.7. The second-order valence-corrected chi connectivity index (χ2v) is 5.32. The molecule has 0 unspecified atom stereocenters. The van der Waals surface area contributed by atoms with Gasteiger partial charge in [0.2, 0.25) is 0 Å². The molecule has 9 nitrogen and oxygen atoms in total. The van der Waals surface area contributed by atoms with Gasteiger partial charge >= 0.3 is 20.8 Å². The van der Waals surface area contributed by atoms with Crippen LogP contribution in [-0.2, 0) is 30.8 Å². The van der Waals surface area contributed by atoms with E-state index in [1.54, 1.807) is 6.20 Å². The van der Waals surface area contributed by atoms with E-state index >= 15 is 0 Å². The molecule has 0 atom stereocenters. The summed E-state index contributed by atoms with van der Waals surface area (Å²) in [5.74, 6) is 1.11. The Balaban J connectivity index is 0.000000321. The number of aryl methyl sites for hydroxylation is 1. The molecule has 18 heavy (non-hydrogen) atoms. The van der Waals surface area contributed by atoms with Crippen molar-refractivity contribution in [1.29, 1.82) is 0 Å². The Kier molecular flexibility index (Phi) is 7.01. The molecule has 1 heterocycles. The highest BCUT2D eigenvalue weighted by atomic mass is 32.3. The van der Waals surface area contributed by atoms with Crippen LogP contribution in [0.2, 0.25) is 0 Å². The van der Waals surface area contributed by atoms with Crippen LogP contribution in [0.15, 0.2) is 12.4 Å². The van der Waals surface area contributed by atoms with Crippen molar-refractivity contribution in [3.63, 3.8) is 0 Å². The Bertz CT molecular complexity index is 490. The molecule has 0 aliphatic heterocycles. The average Bonchev–Trinajstić information content (AvgIpc) is 2.61. The van der Waals surface area contributed by atoms with Crippen LogP contribution >= 0.6 is 0 Å². The Morgan fingerprint density at radius 3 is 2.11 bits per heavy atom. The Hall–Kier alpha value is -1.01. The molecule has 0 saturated heterocycles. The molecule has 0 fully saturated rings. The van der Waals surface area contributed by atoms with Gasteiger partial charge in [0.1, 0.15) is 5.82 Å². The molecule has 106 valence electrons. The summed E-state index contributed by atoms with van der Waals surface area (Å²) in [6, 6.07) is 0. The average molecular weight is 302 g/mol. The molecule has 0 radical (unpaired) electrons. The largest absolute Gasteiger partial charge is 0.413 e. The first-order chi connectivity index (χ1) is 8.14. The highest BCUT2D eigenvalue weighted by Gasteiger charge is 2.15. The predicted molar refractivity (Wildman–Crippen MR) is 61.4 cm³/mol. The van der Waals surface area contributed by atoms with E-state index in [0.29, 0.717) is 0 Å². The van der Waals surface area contributed by atoms with E-state index in [2.05, 4.69) is 20.5 Å². The maximum atomic E-state index is 9.44. The van der Waals surface area contributed by atoms with Crippen LogP contribution in [0.5, 0.6) is 0 Å². The van der Waals surface area contributed by atoms with Crippen molar-refractivity contribution in [2.24, 2.45) is 0 Å². The summed E-state index contributed by atoms with van der Waals surface area (Å²) in [6.07, 6.45) is 7.22. The molecule has 1 aromatic heterocycles. The van der Waals surface area contributed by atoms with E-state index in [0.717, 1.165) is 12.2 Å². The van der Waals surface area contributed by atoms with Crippen LogP contribution in [0, 0.1) is 0 Å². The van der Waals surface area contributed by atoms with Crippen molar-refractivity contribution in [2.45, 2.75) is 26.2 Å². The first kappa shape index (κ1) is 17.0. The zero-order valence-electron chi connectivity index (χ0n) is 9.48. The molecule has 0 bridgehead atoms. The van der Waals surface area contributed by atoms with Crippen LogP contribution < -0.4 is 0 Å². The predicted octanol–water partition coefficient (Wildman–Crippen LogP) is 0.361. The molecule has 0 amide bonds. The summed E-state index contributed by atoms with van der Waals surface area (Å²) in [6.45, 7) is 2.18. The molecule has 0 aliphatic carbocycles. The van der Waals surface area contributed by atoms with Crippen molar-refractivity contribution >= 4 is 20.8 Å². The van der Waals surface area contributed by atoms with Crippen molar-refractivity contribution in [3.8, 4) is 0 Å². The van der Waals surface area contributed by atoms with Crippen LogP contribution in [0.1, 0.15) is 25.6 Å². The van der Waals surface area contributed by atoms with Crippen molar-refractivity contribution in [1.82, 2.24) is 9.97 Å². The maximum absolute atomic E-state index is 9.44. The summed E-state index contributed by atoms with van der Waals surface area (Å²) in [5, 5.41) is 0. The fraction of sp³-hybridized carbons (Fsp3) is 0.571. The molecular formula is C7H14N2O7S2. The van der Waals surface area contributed by atoms with E-state index in [9.17, 15) is 16.8 Å². The Morgan fingerprint density at radius 1 is 1.28 bits per heavy atom. The highest BCUT2D eigenvalue weighted by Crippen LogP contribution is 1.96. The third-order valence-corrected chi connectivity index (χ3v) is 2.87. The second-order valence-electron chi connectivity index (χ2n) is 3.06. The smallest absolute Gasteiger partial charge is 0.349 e. The minimum Gasteiger partial charge on any atom is -0.349 e. The van der Waals surface area contributed by atoms with E-state index < -0.39 is 20.8 Å². The number of aromatic nitrogens is 2. The first-order valence-electron chi connectivity index (χ1n) is 4.78. The topological polar surface area (TPSA) is 147 Å². The lowest BCUT2D eigenvalue weighted by Crippen LogP contribution is -2.10. The number of imidazole rings is 1. The monoisotopic (exact) mass is 302 g/mol. The molecule has 0 aliphatic rings. The Morgan fingerprint density at radius 2 is 1.83 bits per heavy atom. The first-order valence-corrected chi connectivity index (χ1v) is 7.51. The van der Waals surface area contributed by atoms with Crippen molar-refractivity contribution in [2.75, 3.05) is 0 Å². The summed E-state index contributed by atoms with van der Waals surface area (Å²) in [4.78, 5) is 7.16. The molecule has 1 rings (SSSR count). The number of aromatic amines is 1. The van der Waals surface area contributed by atoms with Gasteiger partial charge in [0.15, 0.2) is 0 Å². The number of nitrogens with zero attached hydrogens (tertiary/aromatic N) is 1. The summed E-state index contributed by atoms with van der Waals surface area (Å²) >= 11 is 0. The van der Waals surface area contributed by atoms with Gasteiger partial charge in [-0.15, -0.1) is 3.63 Å². The second kappa shape index (κ2) is 7.43. The van der Waals surface area contributed by atoms with Crippen LogP contribution in [0.25, 0.3) is 0 Å². The van der Waals surface area contributed by atoms with Gasteiger partial charge in [-0.3, -0.25) is 9.11 Å². The lowest BCUT2D eigenvalue weighted by molar-refractivity contribution is 0.344. The lowest BCUT2D eigenvalue weighted by atomic mass is 10.2. The Labute approximate surface area is 105 Å². The van der Waals surface area contributed by atoms with Gasteiger partial charge in [-0.05, 0) is 6.42 Å². The van der Waals surface area contributed by atoms with Crippen LogP contribution in [0.3, 0.4) is 0 Å². The molecule has 0 saturated carbocycles. The molecule has 0 spiro atoms. The van der Waals surface area contributed by atoms with E-state index in [4.69, 9.17) is 9.11 Å². The fourth-order valence-electron chi connectivity index (χ4n) is 0.888. The number of hydrogen-bond acceptors (Lipinski definition) is 6. The number of unbranched alkanes of at least 4 members (excludes halogenated alkanes) is 1. The quantitative estimate of drug-likeness (QED) is 0.660. The summed E-state index contributed by atoms with van der Waals surface area (Å²) in [7, 11) is -10.2. The van der Waals surface area contributed by atoms with Gasteiger partial charge in [0.05, 0.1) is 0 Å². The third-order valence-electron chi connectivity index (χ3n) is 1.49. The number of hydrogen-bond donors (Lipinski definition) is 3. The van der Waals surface area contributed by atoms with Gasteiger partial charge in [0.25, 0.3) is 0 Å². The molecule has 1 aromatic rings. The van der Waals surface area contributed by atoms with Gasteiger partial charge < -0.3 is 4.98 Å². The van der Waals surface area contributed by atoms with E-state index in [1.807, 2.05) is 6.20 Å². The van der Waals surface area contributed by atoms with Crippen molar-refractivity contribution in [3.05, 3.63) is 18.2 Å². The number of H-pyrrole nitrogens is 1. The minimum atomic E-state index is -5.12. The summed E-state index contributed by atoms with van der Waals surface area (Å²) < 4.78 is 55.6. The molecule has 3 N–H and O–H groups in total. The van der Waals surface area contributed by atoms with Crippen molar-refractivity contribution < 1.29 is 29.6 Å². The standard InChI is InChI=1S/C7H12N2.H2O7S2/c1-2-3-4-7-8-5-6-9-7;1-8(2,3)7-9(4,5)6/h5-6H,2-4H2,1H3,(H,8,9);(H,1,2,3)(H,4,5,6). The van der Waals surface area contributed by atoms with Crippen LogP contribution in [0.4, 0.5) is 0 Å². The number of nitrogens with one attached hydrogen (secondary N) is 1. The molecule has 11 heteroatoms. The number of rotatable bonds is 5. The molecular weight excluding hydrogens is 288 g/mol. The SMILES string of the molecule is CCCCc1ncc[nH]1.O=S(=O)(O)OS(=O)(=O)O. The lowest BCUT2D eigenvalue weighted by Gasteiger charge is -1.90. The zero-order chi connectivity index (χ0) is 14.2. The summed E-state index contributed by atoms with van der Waals surface area (Å²) in [5.41, 5.74) is 0. The van der Waals surface area contributed by atoms with Gasteiger partial charge in [-0.25, -0.2) is 4.98 Å². The van der Waals surface area contributed by atoms with E-state index in [1.165, 1.54) is 12.8 Å². The maximum Gasteiger partial charge on any atom is 0.413 e. The van der Waals surface area contributed by atoms with E-state index in [-0.39, 0.29) is 0 Å². The van der Waals surface area contributed by atoms with Gasteiger partial charge in [0, 0.05) is 18.8 Å². The minimum absolute atomic E-state index is 1.09. The zero-order valence-corrected chi connectivity index (χ0v) is 11.1. The fourth-order valence-corrected chi connectivity index (χ4v) is 1.76. The van der Waals surface area contributed by atoms with Gasteiger partial charge in [-0.1, -0.05) is 13.3 Å². The third kappa shape index (κ3) is 11.5. The van der Waals surface area contributed by atoms with Crippen LogP contribution in [-0.4, -0.2) is 35.9 Å². The molecule has 0 aromatic carbocycles.